The molecule has 1 aromatic carbocycles. The van der Waals surface area contributed by atoms with Crippen molar-refractivity contribution in [1.82, 2.24) is 19.4 Å². The van der Waals surface area contributed by atoms with E-state index in [2.05, 4.69) is 9.88 Å². The van der Waals surface area contributed by atoms with E-state index in [1.807, 2.05) is 36.2 Å². The van der Waals surface area contributed by atoms with E-state index in [0.717, 1.165) is 31.3 Å². The van der Waals surface area contributed by atoms with Crippen LogP contribution in [0.4, 0.5) is 0 Å². The molecule has 2 fully saturated rings. The van der Waals surface area contributed by atoms with Crippen LogP contribution in [0.15, 0.2) is 35.4 Å². The van der Waals surface area contributed by atoms with Gasteiger partial charge in [0.2, 0.25) is 5.91 Å². The van der Waals surface area contributed by atoms with Gasteiger partial charge in [0, 0.05) is 32.6 Å². The molecule has 0 aliphatic carbocycles. The Morgan fingerprint density at radius 1 is 1.10 bits per heavy atom. The van der Waals surface area contributed by atoms with Gasteiger partial charge < -0.3 is 9.80 Å². The van der Waals surface area contributed by atoms with Gasteiger partial charge in [0.25, 0.3) is 5.56 Å². The molecular weight excluding hydrogens is 388 g/mol. The number of aryl methyl sites for hydroxylation is 1. The van der Waals surface area contributed by atoms with Crippen molar-refractivity contribution in [3.63, 3.8) is 0 Å². The molecule has 1 amide bonds. The fourth-order valence-corrected chi connectivity index (χ4v) is 5.44. The van der Waals surface area contributed by atoms with Gasteiger partial charge >= 0.3 is 0 Å². The molecule has 0 N–H and O–H groups in total. The minimum Gasteiger partial charge on any atom is -0.345 e. The zero-order valence-corrected chi connectivity index (χ0v) is 18.8. The number of nitrogens with zero attached hydrogens (tertiary/aromatic N) is 4. The van der Waals surface area contributed by atoms with E-state index in [-0.39, 0.29) is 11.5 Å². The number of carbonyl (C=O) groups excluding carboxylic acids is 1. The fourth-order valence-electron chi connectivity index (χ4n) is 5.44. The average molecular weight is 425 g/mol. The number of fused-ring (bicyclic) bond motifs is 2. The molecule has 2 aromatic rings. The van der Waals surface area contributed by atoms with Crippen molar-refractivity contribution in [1.29, 1.82) is 0 Å². The summed E-state index contributed by atoms with van der Waals surface area (Å²) in [6.45, 7) is 4.04. The second-order valence-corrected chi connectivity index (χ2v) is 9.35. The van der Waals surface area contributed by atoms with E-state index in [4.69, 9.17) is 0 Å². The highest BCUT2D eigenvalue weighted by Gasteiger charge is 2.33. The van der Waals surface area contributed by atoms with Crippen LogP contribution in [0.5, 0.6) is 0 Å². The monoisotopic (exact) mass is 424 g/mol. The predicted molar refractivity (Wildman–Crippen MR) is 124 cm³/mol. The lowest BCUT2D eigenvalue weighted by Gasteiger charge is -2.45. The second kappa shape index (κ2) is 10.4. The number of para-hydroxylation sites is 1. The van der Waals surface area contributed by atoms with Gasteiger partial charge in [-0.2, -0.15) is 0 Å². The van der Waals surface area contributed by atoms with Crippen molar-refractivity contribution >= 4 is 16.8 Å². The first-order chi connectivity index (χ1) is 15.1. The maximum Gasteiger partial charge on any atom is 0.261 e. The highest BCUT2D eigenvalue weighted by atomic mass is 16.2. The molecule has 4 rings (SSSR count). The number of hydrogen-bond acceptors (Lipinski definition) is 4. The van der Waals surface area contributed by atoms with Crippen molar-refractivity contribution in [3.05, 3.63) is 40.9 Å². The summed E-state index contributed by atoms with van der Waals surface area (Å²) < 4.78 is 1.69. The van der Waals surface area contributed by atoms with E-state index in [9.17, 15) is 9.59 Å². The summed E-state index contributed by atoms with van der Waals surface area (Å²) >= 11 is 0. The summed E-state index contributed by atoms with van der Waals surface area (Å²) in [6.07, 6.45) is 11.4. The van der Waals surface area contributed by atoms with E-state index < -0.39 is 0 Å². The molecule has 0 spiro atoms. The molecule has 0 radical (unpaired) electrons. The Morgan fingerprint density at radius 2 is 1.94 bits per heavy atom. The number of carbonyl (C=O) groups is 1. The SMILES string of the molecule is CN(CC1CCCN2CCCCC12)C(=O)CCCCCn1cnc2ccccc2c1=O. The van der Waals surface area contributed by atoms with Crippen LogP contribution in [0.1, 0.15) is 57.8 Å². The van der Waals surface area contributed by atoms with Crippen LogP contribution >= 0.6 is 0 Å². The third-order valence-corrected chi connectivity index (χ3v) is 7.18. The van der Waals surface area contributed by atoms with Gasteiger partial charge in [-0.15, -0.1) is 0 Å². The molecule has 3 heterocycles. The summed E-state index contributed by atoms with van der Waals surface area (Å²) in [4.78, 5) is 34.2. The van der Waals surface area contributed by atoms with E-state index >= 15 is 0 Å². The molecule has 31 heavy (non-hydrogen) atoms. The Kier molecular flexibility index (Phi) is 7.38. The van der Waals surface area contributed by atoms with Crippen molar-refractivity contribution in [2.75, 3.05) is 26.7 Å². The molecule has 2 atom stereocenters. The quantitative estimate of drug-likeness (QED) is 0.607. The molecule has 6 nitrogen and oxygen atoms in total. The van der Waals surface area contributed by atoms with Crippen LogP contribution in [-0.2, 0) is 11.3 Å². The van der Waals surface area contributed by atoms with Gasteiger partial charge in [-0.25, -0.2) is 4.98 Å². The summed E-state index contributed by atoms with van der Waals surface area (Å²) in [6, 6.07) is 8.15. The second-order valence-electron chi connectivity index (χ2n) is 9.35. The standard InChI is InChI=1S/C25H36N4O2/c1-27(18-20-10-9-17-28-15-8-6-13-23(20)28)24(30)14-3-2-7-16-29-19-26-22-12-5-4-11-21(22)25(29)31/h4-5,11-12,19-20,23H,2-3,6-10,13-18H2,1H3. The van der Waals surface area contributed by atoms with Crippen LogP contribution in [0.2, 0.25) is 0 Å². The molecule has 2 saturated heterocycles. The largest absolute Gasteiger partial charge is 0.345 e. The predicted octanol–water partition coefficient (Wildman–Crippen LogP) is 3.68. The summed E-state index contributed by atoms with van der Waals surface area (Å²) in [7, 11) is 1.98. The number of benzene rings is 1. The van der Waals surface area contributed by atoms with Crippen LogP contribution in [0.3, 0.4) is 0 Å². The lowest BCUT2D eigenvalue weighted by molar-refractivity contribution is -0.131. The minimum absolute atomic E-state index is 0.0191. The Balaban J connectivity index is 1.19. The number of piperidine rings is 2. The molecule has 0 saturated carbocycles. The minimum atomic E-state index is 0.0191. The molecule has 0 bridgehead atoms. The van der Waals surface area contributed by atoms with Gasteiger partial charge in [-0.05, 0) is 69.7 Å². The summed E-state index contributed by atoms with van der Waals surface area (Å²) in [5.41, 5.74) is 0.761. The fraction of sp³-hybridized carbons (Fsp3) is 0.640. The molecule has 1 aromatic heterocycles. The van der Waals surface area contributed by atoms with Crippen molar-refractivity contribution in [2.45, 2.75) is 70.4 Å². The topological polar surface area (TPSA) is 58.4 Å². The van der Waals surface area contributed by atoms with Gasteiger partial charge in [-0.3, -0.25) is 14.2 Å². The van der Waals surface area contributed by atoms with Gasteiger partial charge in [0.05, 0.1) is 17.2 Å². The molecule has 168 valence electrons. The number of unbranched alkanes of at least 4 members (excludes halogenated alkanes) is 2. The average Bonchev–Trinajstić information content (AvgIpc) is 2.80. The lowest BCUT2D eigenvalue weighted by Crippen LogP contribution is -2.51. The van der Waals surface area contributed by atoms with Crippen molar-refractivity contribution in [3.8, 4) is 0 Å². The van der Waals surface area contributed by atoms with Gasteiger partial charge in [0.1, 0.15) is 0 Å². The number of hydrogen-bond donors (Lipinski definition) is 0. The van der Waals surface area contributed by atoms with E-state index in [0.29, 0.717) is 30.3 Å². The highest BCUT2D eigenvalue weighted by molar-refractivity contribution is 5.77. The maximum atomic E-state index is 12.7. The molecular formula is C25H36N4O2. The van der Waals surface area contributed by atoms with Crippen LogP contribution in [-0.4, -0.2) is 58.0 Å². The number of amides is 1. The van der Waals surface area contributed by atoms with Crippen molar-refractivity contribution < 1.29 is 4.79 Å². The van der Waals surface area contributed by atoms with E-state index in [1.165, 1.54) is 45.2 Å². The molecule has 2 unspecified atom stereocenters. The highest BCUT2D eigenvalue weighted by Crippen LogP contribution is 2.31. The Bertz CT molecular complexity index is 939. The molecule has 2 aliphatic heterocycles. The Labute approximate surface area is 185 Å². The normalized spacial score (nSPS) is 21.7. The first kappa shape index (κ1) is 22.0. The number of aromatic nitrogens is 2. The lowest BCUT2D eigenvalue weighted by atomic mass is 9.83. The Hall–Kier alpha value is -2.21. The van der Waals surface area contributed by atoms with Gasteiger partial charge in [-0.1, -0.05) is 25.0 Å². The van der Waals surface area contributed by atoms with Crippen LogP contribution in [0, 0.1) is 5.92 Å². The maximum absolute atomic E-state index is 12.7. The van der Waals surface area contributed by atoms with Crippen LogP contribution in [0.25, 0.3) is 10.9 Å². The Morgan fingerprint density at radius 3 is 2.84 bits per heavy atom. The molecule has 2 aliphatic rings. The third kappa shape index (κ3) is 5.35. The van der Waals surface area contributed by atoms with Crippen molar-refractivity contribution in [2.24, 2.45) is 5.92 Å². The first-order valence-electron chi connectivity index (χ1n) is 12.1. The van der Waals surface area contributed by atoms with Gasteiger partial charge in [0.15, 0.2) is 0 Å². The smallest absolute Gasteiger partial charge is 0.261 e. The zero-order chi connectivity index (χ0) is 21.6. The zero-order valence-electron chi connectivity index (χ0n) is 18.8. The summed E-state index contributed by atoms with van der Waals surface area (Å²) in [5.74, 6) is 0.896. The molecule has 6 heteroatoms. The third-order valence-electron chi connectivity index (χ3n) is 7.18. The number of rotatable bonds is 8. The van der Waals surface area contributed by atoms with E-state index in [1.54, 1.807) is 10.9 Å². The summed E-state index contributed by atoms with van der Waals surface area (Å²) in [5, 5.41) is 0.668. The first-order valence-corrected chi connectivity index (χ1v) is 12.1. The van der Waals surface area contributed by atoms with Crippen LogP contribution < -0.4 is 5.56 Å².